The second kappa shape index (κ2) is 4.64. The summed E-state index contributed by atoms with van der Waals surface area (Å²) in [7, 11) is 0. The molecule has 0 aromatic heterocycles. The maximum Gasteiger partial charge on any atom is 0.248 e. The molecule has 18 heavy (non-hydrogen) atoms. The minimum atomic E-state index is -2.43. The molecule has 0 unspecified atom stereocenters. The van der Waals surface area contributed by atoms with E-state index in [-0.39, 0.29) is 18.3 Å². The summed E-state index contributed by atoms with van der Waals surface area (Å²) in [6, 6.07) is 8.47. The molecule has 0 aliphatic heterocycles. The van der Waals surface area contributed by atoms with Crippen LogP contribution >= 0.6 is 0 Å². The van der Waals surface area contributed by atoms with E-state index in [1.807, 2.05) is 0 Å². The van der Waals surface area contributed by atoms with Crippen LogP contribution in [0.1, 0.15) is 63.5 Å². The first-order chi connectivity index (χ1) is 8.28. The molecule has 0 radical (unpaired) electrons. The Balaban J connectivity index is 2.15. The third-order valence-electron chi connectivity index (χ3n) is 3.94. The van der Waals surface area contributed by atoms with Gasteiger partial charge < -0.3 is 0 Å². The van der Waals surface area contributed by atoms with Gasteiger partial charge in [-0.1, -0.05) is 45.0 Å². The SMILES string of the molecule is CC(C)(C)c1cccc(C2CCC(F)(F)CC2)c1. The molecule has 1 fully saturated rings. The maximum atomic E-state index is 13.2. The number of hydrogen-bond acceptors (Lipinski definition) is 0. The van der Waals surface area contributed by atoms with Crippen molar-refractivity contribution in [3.8, 4) is 0 Å². The normalized spacial score (nSPS) is 20.9. The fourth-order valence-corrected chi connectivity index (χ4v) is 2.63. The van der Waals surface area contributed by atoms with Crippen molar-refractivity contribution in [1.82, 2.24) is 0 Å². The molecule has 100 valence electrons. The predicted molar refractivity (Wildman–Crippen MR) is 71.3 cm³/mol. The van der Waals surface area contributed by atoms with Gasteiger partial charge in [-0.2, -0.15) is 0 Å². The van der Waals surface area contributed by atoms with Crippen molar-refractivity contribution < 1.29 is 8.78 Å². The highest BCUT2D eigenvalue weighted by Gasteiger charge is 2.35. The molecule has 0 spiro atoms. The summed E-state index contributed by atoms with van der Waals surface area (Å²) in [5.41, 5.74) is 2.64. The standard InChI is InChI=1S/C16H22F2/c1-15(2,3)14-6-4-5-13(11-14)12-7-9-16(17,18)10-8-12/h4-6,11-12H,7-10H2,1-3H3. The lowest BCUT2D eigenvalue weighted by Gasteiger charge is -2.29. The topological polar surface area (TPSA) is 0 Å². The van der Waals surface area contributed by atoms with Crippen molar-refractivity contribution in [3.05, 3.63) is 35.4 Å². The van der Waals surface area contributed by atoms with E-state index in [2.05, 4.69) is 45.0 Å². The van der Waals surface area contributed by atoms with Gasteiger partial charge in [-0.05, 0) is 35.3 Å². The van der Waals surface area contributed by atoms with E-state index in [4.69, 9.17) is 0 Å². The van der Waals surface area contributed by atoms with Gasteiger partial charge >= 0.3 is 0 Å². The molecule has 0 heterocycles. The van der Waals surface area contributed by atoms with Crippen LogP contribution in [0.4, 0.5) is 8.78 Å². The second-order valence-electron chi connectivity index (χ2n) is 6.51. The van der Waals surface area contributed by atoms with Gasteiger partial charge in [0.25, 0.3) is 0 Å². The van der Waals surface area contributed by atoms with E-state index in [0.717, 1.165) is 0 Å². The molecule has 0 nitrogen and oxygen atoms in total. The van der Waals surface area contributed by atoms with Crippen LogP contribution in [0, 0.1) is 0 Å². The zero-order chi connectivity index (χ0) is 13.4. The second-order valence-corrected chi connectivity index (χ2v) is 6.51. The van der Waals surface area contributed by atoms with Crippen LogP contribution in [0.5, 0.6) is 0 Å². The highest BCUT2D eigenvalue weighted by atomic mass is 19.3. The molecule has 1 saturated carbocycles. The maximum absolute atomic E-state index is 13.2. The quantitative estimate of drug-likeness (QED) is 0.638. The lowest BCUT2D eigenvalue weighted by atomic mass is 9.79. The molecule has 0 atom stereocenters. The Bertz CT molecular complexity index is 405. The summed E-state index contributed by atoms with van der Waals surface area (Å²) in [6.45, 7) is 6.55. The van der Waals surface area contributed by atoms with Crippen LogP contribution in [-0.4, -0.2) is 5.92 Å². The Morgan fingerprint density at radius 1 is 1.11 bits per heavy atom. The molecule has 0 amide bonds. The van der Waals surface area contributed by atoms with Gasteiger partial charge in [-0.15, -0.1) is 0 Å². The van der Waals surface area contributed by atoms with E-state index in [1.54, 1.807) is 0 Å². The van der Waals surface area contributed by atoms with Crippen LogP contribution < -0.4 is 0 Å². The van der Waals surface area contributed by atoms with Crippen molar-refractivity contribution in [3.63, 3.8) is 0 Å². The van der Waals surface area contributed by atoms with Crippen LogP contribution in [0.2, 0.25) is 0 Å². The predicted octanol–water partition coefficient (Wildman–Crippen LogP) is 5.28. The molecule has 0 bridgehead atoms. The van der Waals surface area contributed by atoms with E-state index >= 15 is 0 Å². The highest BCUT2D eigenvalue weighted by molar-refractivity contribution is 5.31. The van der Waals surface area contributed by atoms with Gasteiger partial charge in [0, 0.05) is 12.8 Å². The van der Waals surface area contributed by atoms with Crippen LogP contribution in [-0.2, 0) is 5.41 Å². The molecule has 2 heteroatoms. The van der Waals surface area contributed by atoms with E-state index in [9.17, 15) is 8.78 Å². The average molecular weight is 252 g/mol. The van der Waals surface area contributed by atoms with Crippen LogP contribution in [0.3, 0.4) is 0 Å². The number of rotatable bonds is 1. The fraction of sp³-hybridized carbons (Fsp3) is 0.625. The molecule has 0 saturated heterocycles. The Kier molecular flexibility index (Phi) is 3.48. The van der Waals surface area contributed by atoms with Crippen molar-refractivity contribution in [1.29, 1.82) is 0 Å². The van der Waals surface area contributed by atoms with Crippen molar-refractivity contribution in [2.24, 2.45) is 0 Å². The van der Waals surface area contributed by atoms with E-state index in [0.29, 0.717) is 18.8 Å². The summed E-state index contributed by atoms with van der Waals surface area (Å²) >= 11 is 0. The zero-order valence-electron chi connectivity index (χ0n) is 11.5. The molecule has 1 aliphatic rings. The molecule has 0 N–H and O–H groups in total. The minimum Gasteiger partial charge on any atom is -0.207 e. The van der Waals surface area contributed by atoms with Crippen LogP contribution in [0.15, 0.2) is 24.3 Å². The van der Waals surface area contributed by atoms with Crippen LogP contribution in [0.25, 0.3) is 0 Å². The summed E-state index contributed by atoms with van der Waals surface area (Å²) in [5, 5.41) is 0. The Morgan fingerprint density at radius 2 is 1.72 bits per heavy atom. The Morgan fingerprint density at radius 3 is 2.28 bits per heavy atom. The molecular weight excluding hydrogens is 230 g/mol. The lowest BCUT2D eigenvalue weighted by Crippen LogP contribution is -2.23. The molecule has 1 aromatic carbocycles. The third kappa shape index (κ3) is 3.09. The van der Waals surface area contributed by atoms with Crippen molar-refractivity contribution >= 4 is 0 Å². The molecular formula is C16H22F2. The van der Waals surface area contributed by atoms with Gasteiger partial charge in [0.1, 0.15) is 0 Å². The summed E-state index contributed by atoms with van der Waals surface area (Å²) in [4.78, 5) is 0. The minimum absolute atomic E-state index is 0.0391. The smallest absolute Gasteiger partial charge is 0.207 e. The lowest BCUT2D eigenvalue weighted by molar-refractivity contribution is -0.0382. The Hall–Kier alpha value is -0.920. The summed E-state index contributed by atoms with van der Waals surface area (Å²) in [6.07, 6.45) is 1.30. The molecule has 1 aromatic rings. The van der Waals surface area contributed by atoms with Gasteiger partial charge in [0.15, 0.2) is 0 Å². The van der Waals surface area contributed by atoms with Crippen molar-refractivity contribution in [2.75, 3.05) is 0 Å². The summed E-state index contributed by atoms with van der Waals surface area (Å²) < 4.78 is 26.3. The third-order valence-corrected chi connectivity index (χ3v) is 3.94. The molecule has 2 rings (SSSR count). The van der Waals surface area contributed by atoms with E-state index < -0.39 is 5.92 Å². The Labute approximate surface area is 108 Å². The fourth-order valence-electron chi connectivity index (χ4n) is 2.63. The monoisotopic (exact) mass is 252 g/mol. The number of alkyl halides is 2. The number of hydrogen-bond donors (Lipinski definition) is 0. The first-order valence-electron chi connectivity index (χ1n) is 6.76. The van der Waals surface area contributed by atoms with Gasteiger partial charge in [-0.25, -0.2) is 8.78 Å². The molecule has 1 aliphatic carbocycles. The average Bonchev–Trinajstić information content (AvgIpc) is 2.28. The largest absolute Gasteiger partial charge is 0.248 e. The van der Waals surface area contributed by atoms with Gasteiger partial charge in [-0.3, -0.25) is 0 Å². The van der Waals surface area contributed by atoms with E-state index in [1.165, 1.54) is 11.1 Å². The van der Waals surface area contributed by atoms with Crippen molar-refractivity contribution in [2.45, 2.75) is 63.7 Å². The highest BCUT2D eigenvalue weighted by Crippen LogP contribution is 2.41. The first kappa shape index (κ1) is 13.5. The number of benzene rings is 1. The summed E-state index contributed by atoms with van der Waals surface area (Å²) in [5.74, 6) is -2.12. The number of halogens is 2. The van der Waals surface area contributed by atoms with Gasteiger partial charge in [0.2, 0.25) is 5.92 Å². The zero-order valence-corrected chi connectivity index (χ0v) is 11.5. The van der Waals surface area contributed by atoms with Gasteiger partial charge in [0.05, 0.1) is 0 Å². The first-order valence-corrected chi connectivity index (χ1v) is 6.76.